The topological polar surface area (TPSA) is 55.4 Å². The maximum Gasteiger partial charge on any atom is 0.211 e. The van der Waals surface area contributed by atoms with E-state index in [4.69, 9.17) is 16.3 Å². The van der Waals surface area contributed by atoms with Gasteiger partial charge in [-0.3, -0.25) is 0 Å². The van der Waals surface area contributed by atoms with Gasteiger partial charge < -0.3 is 4.74 Å². The third kappa shape index (κ3) is 6.92. The molecule has 0 spiro atoms. The summed E-state index contributed by atoms with van der Waals surface area (Å²) in [5, 5.41) is -0.132. The number of rotatable bonds is 8. The first-order chi connectivity index (χ1) is 8.53. The molecule has 0 aliphatic heterocycles. The molecule has 6 heteroatoms. The van der Waals surface area contributed by atoms with Crippen molar-refractivity contribution in [1.29, 1.82) is 0 Å². The van der Waals surface area contributed by atoms with Crippen molar-refractivity contribution in [3.63, 3.8) is 0 Å². The van der Waals surface area contributed by atoms with Gasteiger partial charge in [-0.1, -0.05) is 19.3 Å². The van der Waals surface area contributed by atoms with Gasteiger partial charge in [-0.15, -0.1) is 11.6 Å². The van der Waals surface area contributed by atoms with Crippen LogP contribution in [0.5, 0.6) is 0 Å². The van der Waals surface area contributed by atoms with Gasteiger partial charge in [-0.25, -0.2) is 13.1 Å². The Morgan fingerprint density at radius 3 is 2.61 bits per heavy atom. The number of hydrogen-bond acceptors (Lipinski definition) is 3. The third-order valence-electron chi connectivity index (χ3n) is 3.31. The molecule has 0 aromatic carbocycles. The van der Waals surface area contributed by atoms with Crippen LogP contribution in [0, 0.1) is 5.92 Å². The van der Waals surface area contributed by atoms with Crippen molar-refractivity contribution in [2.45, 2.75) is 43.9 Å². The standard InChI is InChI=1S/C12H24ClNO3S/c1-17-9-12(13)7-8-14-18(15,16)10-11-5-3-2-4-6-11/h11-12,14H,2-10H2,1H3. The van der Waals surface area contributed by atoms with Crippen LogP contribution in [-0.2, 0) is 14.8 Å². The molecule has 0 aromatic rings. The second-order valence-electron chi connectivity index (χ2n) is 5.02. The Hall–Kier alpha value is 0.160. The molecule has 4 nitrogen and oxygen atoms in total. The first kappa shape index (κ1) is 16.2. The van der Waals surface area contributed by atoms with E-state index in [1.54, 1.807) is 7.11 Å². The lowest BCUT2D eigenvalue weighted by Gasteiger charge is -2.21. The molecule has 0 radical (unpaired) electrons. The molecular weight excluding hydrogens is 274 g/mol. The molecule has 0 aromatic heterocycles. The maximum atomic E-state index is 11.9. The van der Waals surface area contributed by atoms with Crippen LogP contribution in [0.4, 0.5) is 0 Å². The highest BCUT2D eigenvalue weighted by molar-refractivity contribution is 7.89. The van der Waals surface area contributed by atoms with Crippen molar-refractivity contribution in [1.82, 2.24) is 4.72 Å². The van der Waals surface area contributed by atoms with Crippen LogP contribution in [0.3, 0.4) is 0 Å². The van der Waals surface area contributed by atoms with Gasteiger partial charge in [0.1, 0.15) is 0 Å². The largest absolute Gasteiger partial charge is 0.383 e. The molecule has 0 saturated heterocycles. The molecule has 0 amide bonds. The molecule has 1 aliphatic carbocycles. The van der Waals surface area contributed by atoms with E-state index in [0.717, 1.165) is 25.7 Å². The van der Waals surface area contributed by atoms with E-state index >= 15 is 0 Å². The van der Waals surface area contributed by atoms with Crippen LogP contribution in [0.1, 0.15) is 38.5 Å². The Morgan fingerprint density at radius 1 is 1.33 bits per heavy atom. The van der Waals surface area contributed by atoms with Crippen molar-refractivity contribution in [3.8, 4) is 0 Å². The van der Waals surface area contributed by atoms with Crippen molar-refractivity contribution < 1.29 is 13.2 Å². The summed E-state index contributed by atoms with van der Waals surface area (Å²) in [6.07, 6.45) is 6.26. The van der Waals surface area contributed by atoms with Gasteiger partial charge in [-0.05, 0) is 25.2 Å². The molecule has 1 atom stereocenters. The quantitative estimate of drug-likeness (QED) is 0.698. The molecule has 0 bridgehead atoms. The van der Waals surface area contributed by atoms with Gasteiger partial charge in [0.05, 0.1) is 17.7 Å². The predicted octanol–water partition coefficient (Wildman–Crippen LogP) is 2.13. The highest BCUT2D eigenvalue weighted by atomic mass is 35.5. The minimum atomic E-state index is -3.14. The van der Waals surface area contributed by atoms with Gasteiger partial charge >= 0.3 is 0 Å². The van der Waals surface area contributed by atoms with Crippen molar-refractivity contribution in [2.24, 2.45) is 5.92 Å². The van der Waals surface area contributed by atoms with E-state index in [-0.39, 0.29) is 11.1 Å². The second kappa shape index (κ2) is 8.35. The lowest BCUT2D eigenvalue weighted by molar-refractivity contribution is 0.196. The monoisotopic (exact) mass is 297 g/mol. The van der Waals surface area contributed by atoms with Crippen molar-refractivity contribution >= 4 is 21.6 Å². The Balaban J connectivity index is 2.22. The first-order valence-electron chi connectivity index (χ1n) is 6.64. The number of alkyl halides is 1. The smallest absolute Gasteiger partial charge is 0.211 e. The number of sulfonamides is 1. The fourth-order valence-corrected chi connectivity index (χ4v) is 4.09. The van der Waals surface area contributed by atoms with Crippen LogP contribution in [0.2, 0.25) is 0 Å². The maximum absolute atomic E-state index is 11.9. The molecule has 1 saturated carbocycles. The fraction of sp³-hybridized carbons (Fsp3) is 1.00. The van der Waals surface area contributed by atoms with Crippen LogP contribution >= 0.6 is 11.6 Å². The number of ether oxygens (including phenoxy) is 1. The summed E-state index contributed by atoms with van der Waals surface area (Å²) < 4.78 is 31.2. The van der Waals surface area contributed by atoms with Gasteiger partial charge in [-0.2, -0.15) is 0 Å². The van der Waals surface area contributed by atoms with Crippen LogP contribution in [-0.4, -0.2) is 39.8 Å². The van der Waals surface area contributed by atoms with Crippen molar-refractivity contribution in [2.75, 3.05) is 26.0 Å². The summed E-state index contributed by atoms with van der Waals surface area (Å²) in [6, 6.07) is 0. The predicted molar refractivity (Wildman–Crippen MR) is 74.5 cm³/mol. The van der Waals surface area contributed by atoms with Gasteiger partial charge in [0, 0.05) is 13.7 Å². The Morgan fingerprint density at radius 2 is 2.00 bits per heavy atom. The number of halogens is 1. The van der Waals surface area contributed by atoms with E-state index in [1.165, 1.54) is 6.42 Å². The molecule has 108 valence electrons. The number of hydrogen-bond donors (Lipinski definition) is 1. The zero-order chi connectivity index (χ0) is 13.4. The zero-order valence-corrected chi connectivity index (χ0v) is 12.6. The average Bonchev–Trinajstić information content (AvgIpc) is 2.29. The second-order valence-corrected chi connectivity index (χ2v) is 7.49. The normalized spacial score (nSPS) is 19.9. The summed E-state index contributed by atoms with van der Waals surface area (Å²) in [4.78, 5) is 0. The van der Waals surface area contributed by atoms with E-state index in [0.29, 0.717) is 25.5 Å². The Labute approximate surface area is 115 Å². The fourth-order valence-electron chi connectivity index (χ4n) is 2.36. The van der Waals surface area contributed by atoms with E-state index in [9.17, 15) is 8.42 Å². The number of methoxy groups -OCH3 is 1. The summed E-state index contributed by atoms with van der Waals surface area (Å²) in [5.41, 5.74) is 0. The SMILES string of the molecule is COCC(Cl)CCNS(=O)(=O)CC1CCCCC1. The Kier molecular flexibility index (Phi) is 7.53. The van der Waals surface area contributed by atoms with Gasteiger partial charge in [0.15, 0.2) is 0 Å². The highest BCUT2D eigenvalue weighted by Crippen LogP contribution is 2.24. The summed E-state index contributed by atoms with van der Waals surface area (Å²) in [6.45, 7) is 0.846. The molecule has 1 N–H and O–H groups in total. The Bertz CT molecular complexity index is 315. The lowest BCUT2D eigenvalue weighted by atomic mass is 9.91. The van der Waals surface area contributed by atoms with E-state index in [1.807, 2.05) is 0 Å². The van der Waals surface area contributed by atoms with E-state index < -0.39 is 10.0 Å². The molecule has 1 rings (SSSR count). The van der Waals surface area contributed by atoms with Gasteiger partial charge in [0.2, 0.25) is 10.0 Å². The van der Waals surface area contributed by atoms with Gasteiger partial charge in [0.25, 0.3) is 0 Å². The minimum Gasteiger partial charge on any atom is -0.383 e. The van der Waals surface area contributed by atoms with Crippen molar-refractivity contribution in [3.05, 3.63) is 0 Å². The third-order valence-corrected chi connectivity index (χ3v) is 5.21. The molecule has 1 unspecified atom stereocenters. The molecular formula is C12H24ClNO3S. The van der Waals surface area contributed by atoms with Crippen LogP contribution in [0.15, 0.2) is 0 Å². The average molecular weight is 298 g/mol. The highest BCUT2D eigenvalue weighted by Gasteiger charge is 2.21. The molecule has 1 aliphatic rings. The summed E-state index contributed by atoms with van der Waals surface area (Å²) in [7, 11) is -1.56. The zero-order valence-electron chi connectivity index (χ0n) is 11.0. The molecule has 0 heterocycles. The van der Waals surface area contributed by atoms with Crippen LogP contribution in [0.25, 0.3) is 0 Å². The van der Waals surface area contributed by atoms with Crippen LogP contribution < -0.4 is 4.72 Å². The number of nitrogens with one attached hydrogen (secondary N) is 1. The molecule has 18 heavy (non-hydrogen) atoms. The first-order valence-corrected chi connectivity index (χ1v) is 8.72. The molecule has 1 fully saturated rings. The minimum absolute atomic E-state index is 0.132. The van der Waals surface area contributed by atoms with E-state index in [2.05, 4.69) is 4.72 Å². The summed E-state index contributed by atoms with van der Waals surface area (Å²) in [5.74, 6) is 0.603. The lowest BCUT2D eigenvalue weighted by Crippen LogP contribution is -2.32. The summed E-state index contributed by atoms with van der Waals surface area (Å²) >= 11 is 5.94.